The Hall–Kier alpha value is -3.71. The summed E-state index contributed by atoms with van der Waals surface area (Å²) in [5, 5.41) is 6.10. The first-order valence-electron chi connectivity index (χ1n) is 11.1. The summed E-state index contributed by atoms with van der Waals surface area (Å²) in [5.74, 6) is -0.632. The lowest BCUT2D eigenvalue weighted by atomic mass is 10.0. The number of benzene rings is 3. The van der Waals surface area contributed by atoms with Crippen molar-refractivity contribution in [3.05, 3.63) is 89.7 Å². The van der Waals surface area contributed by atoms with Crippen LogP contribution in [-0.2, 0) is 16.1 Å². The first-order valence-corrected chi connectivity index (χ1v) is 11.1. The first kappa shape index (κ1) is 22.5. The molecule has 6 nitrogen and oxygen atoms in total. The van der Waals surface area contributed by atoms with Crippen LogP contribution in [0.5, 0.6) is 0 Å². The number of nitrogens with two attached hydrogens (primary N) is 1. The van der Waals surface area contributed by atoms with Crippen molar-refractivity contribution in [2.24, 2.45) is 5.73 Å². The quantitative estimate of drug-likeness (QED) is 0.495. The fraction of sp³-hybridized carbons (Fsp3) is 0.231. The molecule has 0 aliphatic carbocycles. The predicted molar refractivity (Wildman–Crippen MR) is 128 cm³/mol. The molecule has 0 bridgehead atoms. The molecule has 1 aliphatic rings. The Morgan fingerprint density at radius 1 is 1.00 bits per heavy atom. The van der Waals surface area contributed by atoms with Gasteiger partial charge in [-0.25, -0.2) is 4.39 Å². The zero-order valence-corrected chi connectivity index (χ0v) is 18.3. The molecule has 3 aromatic carbocycles. The highest BCUT2D eigenvalue weighted by atomic mass is 19.1. The van der Waals surface area contributed by atoms with Crippen LogP contribution in [0.3, 0.4) is 0 Å². The zero-order valence-electron chi connectivity index (χ0n) is 18.3. The second kappa shape index (κ2) is 10.3. The first-order chi connectivity index (χ1) is 16.0. The molecule has 0 unspecified atom stereocenters. The Kier molecular flexibility index (Phi) is 7.00. The average Bonchev–Trinajstić information content (AvgIpc) is 2.83. The second-order valence-electron chi connectivity index (χ2n) is 8.08. The Bertz CT molecular complexity index is 1130. The van der Waals surface area contributed by atoms with Crippen LogP contribution in [0, 0.1) is 5.82 Å². The van der Waals surface area contributed by atoms with Gasteiger partial charge < -0.3 is 21.3 Å². The van der Waals surface area contributed by atoms with E-state index in [0.29, 0.717) is 36.4 Å². The van der Waals surface area contributed by atoms with E-state index in [-0.39, 0.29) is 11.8 Å². The predicted octanol–water partition coefficient (Wildman–Crippen LogP) is 4.59. The van der Waals surface area contributed by atoms with Gasteiger partial charge in [0.1, 0.15) is 11.9 Å². The number of piperidine rings is 1. The third-order valence-electron chi connectivity index (χ3n) is 5.69. The lowest BCUT2D eigenvalue weighted by Gasteiger charge is -2.27. The van der Waals surface area contributed by atoms with Gasteiger partial charge in [-0.3, -0.25) is 9.59 Å². The lowest BCUT2D eigenvalue weighted by molar-refractivity contribution is -0.119. The SMILES string of the molecule is NCc1cccc(N[C@@H](C(=O)Nc2ccc(N3CCCCC3=O)cc2)c2cccc(F)c2)c1. The summed E-state index contributed by atoms with van der Waals surface area (Å²) in [4.78, 5) is 27.2. The van der Waals surface area contributed by atoms with E-state index in [1.54, 1.807) is 29.2 Å². The van der Waals surface area contributed by atoms with E-state index < -0.39 is 11.9 Å². The standard InChI is InChI=1S/C26H27FN4O2/c27-20-7-4-6-19(16-20)25(29-22-8-3-5-18(15-22)17-28)26(33)30-21-10-12-23(13-11-21)31-14-2-1-9-24(31)32/h3-8,10-13,15-16,25,29H,1-2,9,14,17,28H2,(H,30,33)/t25-/m1/s1. The van der Waals surface area contributed by atoms with Crippen LogP contribution in [0.2, 0.25) is 0 Å². The zero-order chi connectivity index (χ0) is 23.2. The van der Waals surface area contributed by atoms with Gasteiger partial charge in [0, 0.05) is 36.6 Å². The van der Waals surface area contributed by atoms with E-state index in [9.17, 15) is 14.0 Å². The largest absolute Gasteiger partial charge is 0.370 e. The third-order valence-corrected chi connectivity index (χ3v) is 5.69. The molecule has 1 fully saturated rings. The smallest absolute Gasteiger partial charge is 0.251 e. The Morgan fingerprint density at radius 3 is 2.52 bits per heavy atom. The van der Waals surface area contributed by atoms with Crippen LogP contribution in [0.1, 0.15) is 36.4 Å². The van der Waals surface area contributed by atoms with Crippen molar-refractivity contribution in [1.29, 1.82) is 0 Å². The van der Waals surface area contributed by atoms with E-state index >= 15 is 0 Å². The number of amides is 2. The molecule has 4 rings (SSSR count). The van der Waals surface area contributed by atoms with Crippen molar-refractivity contribution in [2.75, 3.05) is 22.1 Å². The van der Waals surface area contributed by atoms with Gasteiger partial charge in [-0.2, -0.15) is 0 Å². The normalized spacial score (nSPS) is 14.6. The van der Waals surface area contributed by atoms with E-state index in [2.05, 4.69) is 10.6 Å². The summed E-state index contributed by atoms with van der Waals surface area (Å²) in [6.45, 7) is 1.08. The molecule has 1 heterocycles. The van der Waals surface area contributed by atoms with Gasteiger partial charge in [0.05, 0.1) is 0 Å². The number of nitrogens with one attached hydrogen (secondary N) is 2. The number of hydrogen-bond donors (Lipinski definition) is 3. The average molecular weight is 447 g/mol. The van der Waals surface area contributed by atoms with Crippen LogP contribution >= 0.6 is 0 Å². The number of carbonyl (C=O) groups excluding carboxylic acids is 2. The molecule has 0 aromatic heterocycles. The molecule has 0 spiro atoms. The number of halogens is 1. The molecule has 2 amide bonds. The van der Waals surface area contributed by atoms with Gasteiger partial charge in [0.25, 0.3) is 5.91 Å². The van der Waals surface area contributed by atoms with Gasteiger partial charge in [0.15, 0.2) is 0 Å². The van der Waals surface area contributed by atoms with Gasteiger partial charge in [-0.05, 0) is 72.5 Å². The highest BCUT2D eigenvalue weighted by Gasteiger charge is 2.23. The van der Waals surface area contributed by atoms with Crippen LogP contribution in [0.25, 0.3) is 0 Å². The third kappa shape index (κ3) is 5.56. The summed E-state index contributed by atoms with van der Waals surface area (Å²) >= 11 is 0. The second-order valence-corrected chi connectivity index (χ2v) is 8.08. The Balaban J connectivity index is 1.54. The number of hydrogen-bond acceptors (Lipinski definition) is 4. The van der Waals surface area contributed by atoms with Gasteiger partial charge in [-0.15, -0.1) is 0 Å². The number of nitrogens with zero attached hydrogens (tertiary/aromatic N) is 1. The van der Waals surface area contributed by atoms with Crippen molar-refractivity contribution in [1.82, 2.24) is 0 Å². The molecule has 3 aromatic rings. The van der Waals surface area contributed by atoms with Crippen LogP contribution in [-0.4, -0.2) is 18.4 Å². The van der Waals surface area contributed by atoms with Crippen molar-refractivity contribution in [3.63, 3.8) is 0 Å². The summed E-state index contributed by atoms with van der Waals surface area (Å²) in [6.07, 6.45) is 2.47. The Morgan fingerprint density at radius 2 is 1.79 bits per heavy atom. The monoisotopic (exact) mass is 446 g/mol. The summed E-state index contributed by atoms with van der Waals surface area (Å²) in [7, 11) is 0. The minimum atomic E-state index is -0.822. The summed E-state index contributed by atoms with van der Waals surface area (Å²) in [6, 6.07) is 19.8. The molecular formula is C26H27FN4O2. The molecule has 1 saturated heterocycles. The van der Waals surface area contributed by atoms with Crippen LogP contribution < -0.4 is 21.3 Å². The lowest BCUT2D eigenvalue weighted by Crippen LogP contribution is -2.35. The van der Waals surface area contributed by atoms with Gasteiger partial charge in [0.2, 0.25) is 5.91 Å². The molecule has 33 heavy (non-hydrogen) atoms. The maximum atomic E-state index is 13.9. The molecule has 0 saturated carbocycles. The van der Waals surface area contributed by atoms with E-state index in [0.717, 1.165) is 24.1 Å². The van der Waals surface area contributed by atoms with Crippen LogP contribution in [0.4, 0.5) is 21.5 Å². The van der Waals surface area contributed by atoms with Crippen molar-refractivity contribution in [3.8, 4) is 0 Å². The van der Waals surface area contributed by atoms with Crippen LogP contribution in [0.15, 0.2) is 72.8 Å². The highest BCUT2D eigenvalue weighted by molar-refractivity contribution is 5.98. The molecule has 4 N–H and O–H groups in total. The molecule has 1 atom stereocenters. The number of anilines is 3. The maximum Gasteiger partial charge on any atom is 0.251 e. The molecule has 0 radical (unpaired) electrons. The minimum absolute atomic E-state index is 0.119. The summed E-state index contributed by atoms with van der Waals surface area (Å²) in [5.41, 5.74) is 9.27. The summed E-state index contributed by atoms with van der Waals surface area (Å²) < 4.78 is 13.9. The Labute approximate surface area is 192 Å². The highest BCUT2D eigenvalue weighted by Crippen LogP contribution is 2.26. The van der Waals surface area contributed by atoms with Crippen molar-refractivity contribution >= 4 is 28.9 Å². The van der Waals surface area contributed by atoms with E-state index in [4.69, 9.17) is 5.73 Å². The van der Waals surface area contributed by atoms with Gasteiger partial charge in [-0.1, -0.05) is 24.3 Å². The molecule has 1 aliphatic heterocycles. The fourth-order valence-electron chi connectivity index (χ4n) is 3.96. The molecule has 7 heteroatoms. The van der Waals surface area contributed by atoms with E-state index in [1.807, 2.05) is 36.4 Å². The van der Waals surface area contributed by atoms with Gasteiger partial charge >= 0.3 is 0 Å². The maximum absolute atomic E-state index is 13.9. The number of rotatable bonds is 7. The van der Waals surface area contributed by atoms with Crippen molar-refractivity contribution < 1.29 is 14.0 Å². The topological polar surface area (TPSA) is 87.5 Å². The minimum Gasteiger partial charge on any atom is -0.370 e. The van der Waals surface area contributed by atoms with Crippen molar-refractivity contribution in [2.45, 2.75) is 31.8 Å². The molecule has 170 valence electrons. The number of carbonyl (C=O) groups is 2. The molecular weight excluding hydrogens is 419 g/mol. The van der Waals surface area contributed by atoms with E-state index in [1.165, 1.54) is 12.1 Å². The fourth-order valence-corrected chi connectivity index (χ4v) is 3.96.